The smallest absolute Gasteiger partial charge is 0.408 e. The number of carboxylic acids is 1. The average molecular weight is 465 g/mol. The Morgan fingerprint density at radius 2 is 1.71 bits per heavy atom. The Morgan fingerprint density at radius 3 is 2.26 bits per heavy atom. The number of aliphatic carboxylic acids is 1. The second-order valence-electron chi connectivity index (χ2n) is 9.45. The lowest BCUT2D eigenvalue weighted by molar-refractivity contribution is -0.148. The molecule has 2 aliphatic rings. The number of nitrogens with zero attached hydrogens (tertiary/aromatic N) is 1. The molecule has 1 saturated carbocycles. The summed E-state index contributed by atoms with van der Waals surface area (Å²) < 4.78 is 5.71. The van der Waals surface area contributed by atoms with Gasteiger partial charge in [-0.15, -0.1) is 0 Å². The second-order valence-corrected chi connectivity index (χ2v) is 9.45. The Kier molecular flexibility index (Phi) is 6.91. The van der Waals surface area contributed by atoms with Gasteiger partial charge in [-0.05, 0) is 47.9 Å². The van der Waals surface area contributed by atoms with Crippen molar-refractivity contribution in [1.29, 1.82) is 0 Å². The Morgan fingerprint density at radius 1 is 1.09 bits per heavy atom. The molecular formula is C27H32N2O5. The van der Waals surface area contributed by atoms with E-state index >= 15 is 0 Å². The van der Waals surface area contributed by atoms with Crippen LogP contribution in [0, 0.1) is 5.92 Å². The van der Waals surface area contributed by atoms with Gasteiger partial charge < -0.3 is 20.1 Å². The van der Waals surface area contributed by atoms with E-state index in [-0.39, 0.29) is 30.9 Å². The van der Waals surface area contributed by atoms with Gasteiger partial charge in [0.15, 0.2) is 0 Å². The molecule has 2 aliphatic carbocycles. The largest absolute Gasteiger partial charge is 0.480 e. The lowest BCUT2D eigenvalue weighted by Crippen LogP contribution is -2.62. The van der Waals surface area contributed by atoms with Gasteiger partial charge in [-0.2, -0.15) is 0 Å². The third kappa shape index (κ3) is 4.65. The number of hydrogen-bond donors (Lipinski definition) is 2. The molecule has 2 atom stereocenters. The summed E-state index contributed by atoms with van der Waals surface area (Å²) in [5.74, 6) is -1.27. The summed E-state index contributed by atoms with van der Waals surface area (Å²) in [5, 5.41) is 12.1. The molecule has 0 radical (unpaired) electrons. The van der Waals surface area contributed by atoms with E-state index in [9.17, 15) is 19.5 Å². The summed E-state index contributed by atoms with van der Waals surface area (Å²) in [6.45, 7) is 3.82. The van der Waals surface area contributed by atoms with Crippen molar-refractivity contribution < 1.29 is 24.2 Å². The molecule has 1 fully saturated rings. The van der Waals surface area contributed by atoms with Gasteiger partial charge in [0.2, 0.25) is 5.91 Å². The Hall–Kier alpha value is -3.35. The molecule has 0 aromatic heterocycles. The predicted molar refractivity (Wildman–Crippen MR) is 128 cm³/mol. The summed E-state index contributed by atoms with van der Waals surface area (Å²) in [7, 11) is 0. The van der Waals surface area contributed by atoms with Crippen molar-refractivity contribution >= 4 is 18.0 Å². The topological polar surface area (TPSA) is 95.9 Å². The zero-order valence-electron chi connectivity index (χ0n) is 19.8. The minimum atomic E-state index is -1.15. The number of carboxylic acid groups (broad SMARTS) is 1. The number of hydrogen-bond acceptors (Lipinski definition) is 4. The molecule has 0 saturated heterocycles. The van der Waals surface area contributed by atoms with E-state index in [1.54, 1.807) is 6.92 Å². The number of carbonyl (C=O) groups excluding carboxylic acids is 2. The van der Waals surface area contributed by atoms with Crippen molar-refractivity contribution in [2.24, 2.45) is 5.92 Å². The zero-order valence-corrected chi connectivity index (χ0v) is 19.8. The SMILES string of the molecule is CCN(CC(=O)O)C(=O)C1(NC(=O)OCC2c3ccccc3-c3ccccc32)CCCC(C)C1. The first kappa shape index (κ1) is 23.8. The average Bonchev–Trinajstić information content (AvgIpc) is 3.14. The van der Waals surface area contributed by atoms with Gasteiger partial charge in [-0.25, -0.2) is 4.79 Å². The van der Waals surface area contributed by atoms with E-state index in [1.165, 1.54) is 4.90 Å². The highest BCUT2D eigenvalue weighted by atomic mass is 16.5. The van der Waals surface area contributed by atoms with Crippen LogP contribution in [0.2, 0.25) is 0 Å². The van der Waals surface area contributed by atoms with Crippen LogP contribution in [-0.2, 0) is 14.3 Å². The van der Waals surface area contributed by atoms with Gasteiger partial charge >= 0.3 is 12.1 Å². The summed E-state index contributed by atoms with van der Waals surface area (Å²) in [4.78, 5) is 39.1. The lowest BCUT2D eigenvalue weighted by Gasteiger charge is -2.41. The van der Waals surface area contributed by atoms with Crippen molar-refractivity contribution in [3.05, 3.63) is 59.7 Å². The molecule has 34 heavy (non-hydrogen) atoms. The molecule has 0 aliphatic heterocycles. The monoisotopic (exact) mass is 464 g/mol. The van der Waals surface area contributed by atoms with Crippen LogP contribution >= 0.6 is 0 Å². The standard InChI is InChI=1S/C27H32N2O5/c1-3-29(16-24(30)31)25(32)27(14-8-9-18(2)15-27)28-26(33)34-17-23-21-12-6-4-10-19(21)20-11-5-7-13-22(20)23/h4-7,10-13,18,23H,3,8-9,14-17H2,1-2H3,(H,28,33)(H,30,31). The van der Waals surface area contributed by atoms with E-state index in [1.807, 2.05) is 31.2 Å². The molecular weight excluding hydrogens is 432 g/mol. The van der Waals surface area contributed by atoms with E-state index in [0.29, 0.717) is 12.8 Å². The van der Waals surface area contributed by atoms with Crippen LogP contribution in [0.5, 0.6) is 0 Å². The van der Waals surface area contributed by atoms with Crippen LogP contribution in [0.4, 0.5) is 4.79 Å². The molecule has 2 N–H and O–H groups in total. The minimum Gasteiger partial charge on any atom is -0.480 e. The molecule has 180 valence electrons. The van der Waals surface area contributed by atoms with Crippen LogP contribution in [0.1, 0.15) is 56.6 Å². The zero-order chi connectivity index (χ0) is 24.3. The van der Waals surface area contributed by atoms with Crippen LogP contribution in [0.3, 0.4) is 0 Å². The van der Waals surface area contributed by atoms with Gasteiger partial charge in [0.25, 0.3) is 0 Å². The lowest BCUT2D eigenvalue weighted by atomic mass is 9.75. The van der Waals surface area contributed by atoms with Crippen molar-refractivity contribution in [2.45, 2.75) is 51.0 Å². The molecule has 2 unspecified atom stereocenters. The summed E-state index contributed by atoms with van der Waals surface area (Å²) in [6.07, 6.45) is 2.03. The first-order chi connectivity index (χ1) is 16.3. The van der Waals surface area contributed by atoms with E-state index in [2.05, 4.69) is 29.6 Å². The third-order valence-corrected chi connectivity index (χ3v) is 7.09. The summed E-state index contributed by atoms with van der Waals surface area (Å²) in [5.41, 5.74) is 3.38. The van der Waals surface area contributed by atoms with Crippen molar-refractivity contribution in [2.75, 3.05) is 19.7 Å². The Labute approximate surface area is 200 Å². The molecule has 7 heteroatoms. The first-order valence-electron chi connectivity index (χ1n) is 12.0. The van der Waals surface area contributed by atoms with E-state index in [0.717, 1.165) is 35.1 Å². The van der Waals surface area contributed by atoms with Crippen LogP contribution in [-0.4, -0.2) is 53.2 Å². The maximum Gasteiger partial charge on any atom is 0.408 e. The first-order valence-corrected chi connectivity index (χ1v) is 12.0. The molecule has 2 aromatic carbocycles. The maximum atomic E-state index is 13.4. The maximum absolute atomic E-state index is 13.4. The van der Waals surface area contributed by atoms with Gasteiger partial charge in [0.1, 0.15) is 18.7 Å². The quantitative estimate of drug-likeness (QED) is 0.633. The molecule has 2 aromatic rings. The number of fused-ring (bicyclic) bond motifs is 3. The molecule has 0 bridgehead atoms. The molecule has 4 rings (SSSR count). The number of amides is 2. The molecule has 0 heterocycles. The number of likely N-dealkylation sites (N-methyl/N-ethyl adjacent to an activating group) is 1. The minimum absolute atomic E-state index is 0.0748. The second kappa shape index (κ2) is 9.87. The van der Waals surface area contributed by atoms with Gasteiger partial charge in [-0.1, -0.05) is 68.3 Å². The van der Waals surface area contributed by atoms with Crippen LogP contribution in [0.15, 0.2) is 48.5 Å². The molecule has 2 amide bonds. The predicted octanol–water partition coefficient (Wildman–Crippen LogP) is 4.41. The number of benzene rings is 2. The fourth-order valence-electron chi connectivity index (χ4n) is 5.54. The fraction of sp³-hybridized carbons (Fsp3) is 0.444. The Balaban J connectivity index is 1.51. The highest BCUT2D eigenvalue weighted by Crippen LogP contribution is 2.44. The van der Waals surface area contributed by atoms with Crippen LogP contribution in [0.25, 0.3) is 11.1 Å². The van der Waals surface area contributed by atoms with Crippen LogP contribution < -0.4 is 5.32 Å². The van der Waals surface area contributed by atoms with Crippen molar-refractivity contribution in [3.63, 3.8) is 0 Å². The molecule has 7 nitrogen and oxygen atoms in total. The highest BCUT2D eigenvalue weighted by Gasteiger charge is 2.46. The molecule has 0 spiro atoms. The van der Waals surface area contributed by atoms with E-state index < -0.39 is 24.1 Å². The van der Waals surface area contributed by atoms with Gasteiger partial charge in [-0.3, -0.25) is 9.59 Å². The number of ether oxygens (including phenoxy) is 1. The van der Waals surface area contributed by atoms with Gasteiger partial charge in [0, 0.05) is 12.5 Å². The van der Waals surface area contributed by atoms with Gasteiger partial charge in [0.05, 0.1) is 0 Å². The highest BCUT2D eigenvalue weighted by molar-refractivity contribution is 5.92. The number of nitrogens with one attached hydrogen (secondary N) is 1. The third-order valence-electron chi connectivity index (χ3n) is 7.09. The van der Waals surface area contributed by atoms with Crippen molar-refractivity contribution in [3.8, 4) is 11.1 Å². The van der Waals surface area contributed by atoms with E-state index in [4.69, 9.17) is 4.74 Å². The number of alkyl carbamates (subject to hydrolysis) is 1. The summed E-state index contributed by atoms with van der Waals surface area (Å²) >= 11 is 0. The normalized spacial score (nSPS) is 21.3. The fourth-order valence-corrected chi connectivity index (χ4v) is 5.54. The number of carbonyl (C=O) groups is 3. The Bertz CT molecular complexity index is 1040. The van der Waals surface area contributed by atoms with Crippen molar-refractivity contribution in [1.82, 2.24) is 10.2 Å². The summed E-state index contributed by atoms with van der Waals surface area (Å²) in [6, 6.07) is 16.2. The number of rotatable bonds is 7.